The van der Waals surface area contributed by atoms with E-state index in [1.807, 2.05) is 41.3 Å². The summed E-state index contributed by atoms with van der Waals surface area (Å²) in [6.45, 7) is 4.08. The molecule has 5 rings (SSSR count). The van der Waals surface area contributed by atoms with E-state index in [2.05, 4.69) is 46.7 Å². The van der Waals surface area contributed by atoms with Crippen molar-refractivity contribution in [2.45, 2.75) is 37.9 Å². The van der Waals surface area contributed by atoms with Crippen molar-refractivity contribution in [3.63, 3.8) is 0 Å². The van der Waals surface area contributed by atoms with Crippen LogP contribution in [0.4, 0.5) is 10.8 Å². The van der Waals surface area contributed by atoms with E-state index >= 15 is 0 Å². The summed E-state index contributed by atoms with van der Waals surface area (Å²) in [6, 6.07) is 16.5. The largest absolute Gasteiger partial charge is 0.273 e. The van der Waals surface area contributed by atoms with Crippen LogP contribution in [0.5, 0.6) is 0 Å². The minimum absolute atomic E-state index is 0.0595. The number of aryl methyl sites for hydroxylation is 2. The Morgan fingerprint density at radius 3 is 2.72 bits per heavy atom. The first-order valence-corrected chi connectivity index (χ1v) is 12.3. The number of hydrogen-bond acceptors (Lipinski definition) is 7. The highest BCUT2D eigenvalue weighted by Crippen LogP contribution is 2.37. The Bertz CT molecular complexity index is 1250. The Hall–Kier alpha value is -3.04. The lowest BCUT2D eigenvalue weighted by atomic mass is 10.1. The van der Waals surface area contributed by atoms with Gasteiger partial charge in [-0.2, -0.15) is 0 Å². The molecule has 1 fully saturated rings. The molecule has 2 heterocycles. The molecule has 32 heavy (non-hydrogen) atoms. The van der Waals surface area contributed by atoms with Gasteiger partial charge in [0.25, 0.3) is 0 Å². The van der Waals surface area contributed by atoms with Crippen molar-refractivity contribution in [3.8, 4) is 11.3 Å². The molecule has 0 unspecified atom stereocenters. The van der Waals surface area contributed by atoms with Crippen LogP contribution in [-0.4, -0.2) is 36.9 Å². The number of benzene rings is 2. The van der Waals surface area contributed by atoms with Crippen molar-refractivity contribution in [2.75, 3.05) is 10.7 Å². The van der Waals surface area contributed by atoms with Crippen LogP contribution in [0.3, 0.4) is 0 Å². The molecule has 1 saturated carbocycles. The zero-order chi connectivity index (χ0) is 22.1. The molecule has 0 spiro atoms. The maximum atomic E-state index is 13.4. The topological polar surface area (TPSA) is 76.8 Å². The maximum absolute atomic E-state index is 13.4. The maximum Gasteiger partial charge on any atom is 0.243 e. The highest BCUT2D eigenvalue weighted by molar-refractivity contribution is 7.99. The Balaban J connectivity index is 1.42. The van der Waals surface area contributed by atoms with Gasteiger partial charge in [0.2, 0.25) is 11.1 Å². The van der Waals surface area contributed by atoms with Gasteiger partial charge >= 0.3 is 0 Å². The molecule has 162 valence electrons. The number of hydrogen-bond donors (Lipinski definition) is 0. The zero-order valence-electron chi connectivity index (χ0n) is 17.8. The molecule has 1 aliphatic carbocycles. The molecule has 0 atom stereocenters. The first kappa shape index (κ1) is 20.8. The van der Waals surface area contributed by atoms with E-state index in [1.165, 1.54) is 28.7 Å². The highest BCUT2D eigenvalue weighted by Gasteiger charge is 2.29. The lowest BCUT2D eigenvalue weighted by Gasteiger charge is -2.20. The van der Waals surface area contributed by atoms with Gasteiger partial charge in [-0.05, 0) is 54.8 Å². The summed E-state index contributed by atoms with van der Waals surface area (Å²) in [4.78, 5) is 19.9. The van der Waals surface area contributed by atoms with Gasteiger partial charge in [-0.25, -0.2) is 9.67 Å². The molecule has 9 heteroatoms. The Kier molecular flexibility index (Phi) is 5.75. The predicted octanol–water partition coefficient (Wildman–Crippen LogP) is 5.21. The third-order valence-corrected chi connectivity index (χ3v) is 6.96. The van der Waals surface area contributed by atoms with E-state index in [1.54, 1.807) is 4.90 Å². The van der Waals surface area contributed by atoms with Gasteiger partial charge in [-0.15, -0.1) is 16.4 Å². The lowest BCUT2D eigenvalue weighted by molar-refractivity contribution is -0.115. The van der Waals surface area contributed by atoms with Crippen molar-refractivity contribution in [1.29, 1.82) is 0 Å². The van der Waals surface area contributed by atoms with E-state index in [0.717, 1.165) is 35.3 Å². The molecule has 0 N–H and O–H groups in total. The number of carbonyl (C=O) groups is 1. The minimum atomic E-state index is -0.0595. The fourth-order valence-electron chi connectivity index (χ4n) is 3.37. The lowest BCUT2D eigenvalue weighted by Crippen LogP contribution is -2.27. The van der Waals surface area contributed by atoms with Crippen molar-refractivity contribution in [3.05, 3.63) is 65.0 Å². The second-order valence-corrected chi connectivity index (χ2v) is 9.65. The third-order valence-electron chi connectivity index (χ3n) is 5.22. The third kappa shape index (κ3) is 4.44. The van der Waals surface area contributed by atoms with Gasteiger partial charge in [-0.3, -0.25) is 9.69 Å². The second kappa shape index (κ2) is 8.84. The molecule has 2 aromatic heterocycles. The van der Waals surface area contributed by atoms with Crippen molar-refractivity contribution < 1.29 is 4.79 Å². The molecule has 1 aliphatic rings. The summed E-state index contributed by atoms with van der Waals surface area (Å²) in [5, 5.41) is 15.3. The molecular formula is C23H22N6OS2. The first-order chi connectivity index (χ1) is 15.6. The van der Waals surface area contributed by atoms with Crippen LogP contribution in [0, 0.1) is 13.8 Å². The Morgan fingerprint density at radius 2 is 1.97 bits per heavy atom. The molecule has 0 radical (unpaired) electrons. The molecular weight excluding hydrogens is 440 g/mol. The fourth-order valence-corrected chi connectivity index (χ4v) is 5.03. The molecule has 1 amide bonds. The molecule has 0 saturated heterocycles. The van der Waals surface area contributed by atoms with Gasteiger partial charge in [-0.1, -0.05) is 53.7 Å². The van der Waals surface area contributed by atoms with Crippen LogP contribution < -0.4 is 4.90 Å². The molecule has 4 aromatic rings. The van der Waals surface area contributed by atoms with Gasteiger partial charge in [0.15, 0.2) is 5.13 Å². The number of thioether (sulfide) groups is 1. The smallest absolute Gasteiger partial charge is 0.243 e. The predicted molar refractivity (Wildman–Crippen MR) is 127 cm³/mol. The van der Waals surface area contributed by atoms with E-state index in [-0.39, 0.29) is 11.7 Å². The zero-order valence-corrected chi connectivity index (χ0v) is 19.4. The summed E-state index contributed by atoms with van der Waals surface area (Å²) in [5.41, 5.74) is 4.99. The summed E-state index contributed by atoms with van der Waals surface area (Å²) in [7, 11) is 0. The summed E-state index contributed by atoms with van der Waals surface area (Å²) in [6.07, 6.45) is 2.17. The van der Waals surface area contributed by atoms with Gasteiger partial charge in [0.05, 0.1) is 23.2 Å². The second-order valence-electron chi connectivity index (χ2n) is 7.88. The van der Waals surface area contributed by atoms with Crippen LogP contribution in [0.25, 0.3) is 11.3 Å². The van der Waals surface area contributed by atoms with Gasteiger partial charge in [0, 0.05) is 10.9 Å². The van der Waals surface area contributed by atoms with Crippen LogP contribution in [-0.2, 0) is 4.79 Å². The van der Waals surface area contributed by atoms with Crippen LogP contribution in [0.15, 0.2) is 59.1 Å². The number of rotatable bonds is 7. The quantitative estimate of drug-likeness (QED) is 0.351. The van der Waals surface area contributed by atoms with E-state index < -0.39 is 0 Å². The average Bonchev–Trinajstić information content (AvgIpc) is 3.32. The number of anilines is 2. The monoisotopic (exact) mass is 462 g/mol. The molecule has 7 nitrogen and oxygen atoms in total. The van der Waals surface area contributed by atoms with Crippen LogP contribution in [0.2, 0.25) is 0 Å². The molecule has 0 aliphatic heterocycles. The number of nitrogens with zero attached hydrogens (tertiary/aromatic N) is 6. The molecule has 2 aromatic carbocycles. The number of tetrazole rings is 1. The SMILES string of the molecule is Cc1ccc(-c2csc(N(C(=O)CSc3nnnn3C3CC3)c3cccc(C)c3)n2)cc1. The van der Waals surface area contributed by atoms with E-state index in [0.29, 0.717) is 16.3 Å². The van der Waals surface area contributed by atoms with Crippen molar-refractivity contribution in [2.24, 2.45) is 0 Å². The van der Waals surface area contributed by atoms with Gasteiger partial charge in [0.1, 0.15) is 0 Å². The van der Waals surface area contributed by atoms with E-state index in [9.17, 15) is 4.79 Å². The standard InChI is InChI=1S/C23H22N6OS2/c1-15-6-8-17(9-7-15)20-13-31-22(24-20)28(19-5-3-4-16(2)12-19)21(30)14-32-23-25-26-27-29(23)18-10-11-18/h3-9,12-13,18H,10-11,14H2,1-2H3. The first-order valence-electron chi connectivity index (χ1n) is 10.4. The van der Waals surface area contributed by atoms with Crippen LogP contribution in [0.1, 0.15) is 30.0 Å². The summed E-state index contributed by atoms with van der Waals surface area (Å²) in [5.74, 6) is 0.163. The molecule has 0 bridgehead atoms. The number of carbonyl (C=O) groups excluding carboxylic acids is 1. The summed E-state index contributed by atoms with van der Waals surface area (Å²) < 4.78 is 1.83. The average molecular weight is 463 g/mol. The normalized spacial score (nSPS) is 13.3. The highest BCUT2D eigenvalue weighted by atomic mass is 32.2. The number of amides is 1. The Labute approximate surface area is 194 Å². The van der Waals surface area contributed by atoms with Crippen molar-refractivity contribution in [1.82, 2.24) is 25.2 Å². The fraction of sp³-hybridized carbons (Fsp3) is 0.261. The van der Waals surface area contributed by atoms with Crippen LogP contribution >= 0.6 is 23.1 Å². The summed E-state index contributed by atoms with van der Waals surface area (Å²) >= 11 is 2.84. The van der Waals surface area contributed by atoms with Crippen molar-refractivity contribution >= 4 is 39.8 Å². The number of thiazole rings is 1. The van der Waals surface area contributed by atoms with Gasteiger partial charge < -0.3 is 0 Å². The Morgan fingerprint density at radius 1 is 1.16 bits per heavy atom. The minimum Gasteiger partial charge on any atom is -0.273 e. The number of aromatic nitrogens is 5. The van der Waals surface area contributed by atoms with E-state index in [4.69, 9.17) is 4.98 Å².